The van der Waals surface area contributed by atoms with E-state index in [4.69, 9.17) is 45.1 Å². The van der Waals surface area contributed by atoms with Crippen molar-refractivity contribution >= 4 is 46.5 Å². The van der Waals surface area contributed by atoms with Crippen LogP contribution in [-0.4, -0.2) is 22.0 Å². The monoisotopic (exact) mass is 287 g/mol. The van der Waals surface area contributed by atoms with E-state index in [9.17, 15) is 4.79 Å². The van der Waals surface area contributed by atoms with E-state index < -0.39 is 15.5 Å². The second-order valence-electron chi connectivity index (χ2n) is 3.11. The van der Waals surface area contributed by atoms with Crippen LogP contribution in [0.25, 0.3) is 0 Å². The molecule has 1 fully saturated rings. The van der Waals surface area contributed by atoms with Crippen molar-refractivity contribution in [3.8, 4) is 0 Å². The van der Waals surface area contributed by atoms with E-state index in [0.29, 0.717) is 0 Å². The van der Waals surface area contributed by atoms with Gasteiger partial charge in [0, 0.05) is 0 Å². The Morgan fingerprint density at radius 2 is 1.62 bits per heavy atom. The van der Waals surface area contributed by atoms with E-state index in [-0.39, 0.29) is 0 Å². The second kappa shape index (κ2) is 8.67. The first-order valence-electron chi connectivity index (χ1n) is 4.63. The SMILES string of the molecule is O=C(O)C(Cl)=C(Cl)Cl.ON=C1CCCCC1. The maximum Gasteiger partial charge on any atom is 0.349 e. The van der Waals surface area contributed by atoms with Crippen LogP contribution in [0.15, 0.2) is 14.7 Å². The van der Waals surface area contributed by atoms with Gasteiger partial charge in [-0.05, 0) is 25.7 Å². The molecule has 7 heteroatoms. The summed E-state index contributed by atoms with van der Waals surface area (Å²) in [5, 5.41) is 18.9. The number of hydrogen-bond donors (Lipinski definition) is 2. The molecule has 0 aliphatic heterocycles. The molecule has 2 N–H and O–H groups in total. The Morgan fingerprint density at radius 1 is 1.12 bits per heavy atom. The van der Waals surface area contributed by atoms with Crippen LogP contribution in [-0.2, 0) is 4.79 Å². The van der Waals surface area contributed by atoms with Gasteiger partial charge >= 0.3 is 5.97 Å². The van der Waals surface area contributed by atoms with E-state index in [2.05, 4.69) is 5.16 Å². The summed E-state index contributed by atoms with van der Waals surface area (Å²) in [6.45, 7) is 0. The Kier molecular flexibility index (Phi) is 8.43. The molecule has 0 aromatic rings. The smallest absolute Gasteiger partial charge is 0.349 e. The van der Waals surface area contributed by atoms with E-state index >= 15 is 0 Å². The van der Waals surface area contributed by atoms with Crippen LogP contribution < -0.4 is 0 Å². The highest BCUT2D eigenvalue weighted by Crippen LogP contribution is 2.17. The van der Waals surface area contributed by atoms with E-state index in [1.807, 2.05) is 0 Å². The number of rotatable bonds is 1. The molecule has 1 rings (SSSR count). The zero-order valence-electron chi connectivity index (χ0n) is 8.42. The molecule has 4 nitrogen and oxygen atoms in total. The minimum atomic E-state index is -1.33. The van der Waals surface area contributed by atoms with Gasteiger partial charge in [-0.25, -0.2) is 4.79 Å². The van der Waals surface area contributed by atoms with Crippen LogP contribution in [0.5, 0.6) is 0 Å². The first kappa shape index (κ1) is 15.6. The molecule has 1 saturated carbocycles. The zero-order valence-corrected chi connectivity index (χ0v) is 10.7. The van der Waals surface area contributed by atoms with Crippen LogP contribution in [0.2, 0.25) is 0 Å². The number of carbonyl (C=O) groups is 1. The van der Waals surface area contributed by atoms with Crippen molar-refractivity contribution in [2.45, 2.75) is 32.1 Å². The van der Waals surface area contributed by atoms with Crippen molar-refractivity contribution < 1.29 is 15.1 Å². The van der Waals surface area contributed by atoms with Gasteiger partial charge in [-0.3, -0.25) is 0 Å². The van der Waals surface area contributed by atoms with E-state index in [0.717, 1.165) is 18.6 Å². The van der Waals surface area contributed by atoms with Gasteiger partial charge in [-0.2, -0.15) is 0 Å². The van der Waals surface area contributed by atoms with Gasteiger partial charge in [-0.1, -0.05) is 46.4 Å². The highest BCUT2D eigenvalue weighted by Gasteiger charge is 2.06. The lowest BCUT2D eigenvalue weighted by Gasteiger charge is -2.08. The first-order valence-corrected chi connectivity index (χ1v) is 5.76. The van der Waals surface area contributed by atoms with Gasteiger partial charge < -0.3 is 10.3 Å². The highest BCUT2D eigenvalue weighted by atomic mass is 35.5. The molecule has 1 aliphatic rings. The summed E-state index contributed by atoms with van der Waals surface area (Å²) in [7, 11) is 0. The minimum Gasteiger partial charge on any atom is -0.477 e. The first-order chi connectivity index (χ1) is 7.49. The van der Waals surface area contributed by atoms with E-state index in [1.54, 1.807) is 0 Å². The summed E-state index contributed by atoms with van der Waals surface area (Å²) >= 11 is 14.9. The predicted octanol–water partition coefficient (Wildman–Crippen LogP) is 3.74. The standard InChI is InChI=1S/C6H11NO.C3HCl3O2/c8-7-6-4-2-1-3-5-6;4-1(2(5)6)3(7)8/h8H,1-5H2;(H,7,8). The summed E-state index contributed by atoms with van der Waals surface area (Å²) in [4.78, 5) is 9.78. The molecule has 0 saturated heterocycles. The molecule has 0 unspecified atom stereocenters. The van der Waals surface area contributed by atoms with Crippen LogP contribution in [0, 0.1) is 0 Å². The molecular weight excluding hydrogens is 276 g/mol. The maximum absolute atomic E-state index is 9.78. The fourth-order valence-electron chi connectivity index (χ4n) is 1.14. The lowest BCUT2D eigenvalue weighted by molar-refractivity contribution is -0.131. The lowest BCUT2D eigenvalue weighted by Crippen LogP contribution is -2.03. The maximum atomic E-state index is 9.78. The minimum absolute atomic E-state index is 0.431. The molecular formula is C9H12Cl3NO3. The molecule has 0 heterocycles. The third-order valence-electron chi connectivity index (χ3n) is 1.93. The van der Waals surface area contributed by atoms with Crippen molar-refractivity contribution in [2.75, 3.05) is 0 Å². The average molecular weight is 289 g/mol. The summed E-state index contributed by atoms with van der Waals surface area (Å²) < 4.78 is -0.431. The number of nitrogens with zero attached hydrogens (tertiary/aromatic N) is 1. The number of oxime groups is 1. The van der Waals surface area contributed by atoms with Crippen molar-refractivity contribution in [3.05, 3.63) is 9.52 Å². The summed E-state index contributed by atoms with van der Waals surface area (Å²) in [5.74, 6) is -1.33. The van der Waals surface area contributed by atoms with Crippen LogP contribution in [0.3, 0.4) is 0 Å². The highest BCUT2D eigenvalue weighted by molar-refractivity contribution is 6.62. The number of hydrogen-bond acceptors (Lipinski definition) is 3. The Morgan fingerprint density at radius 3 is 1.81 bits per heavy atom. The second-order valence-corrected chi connectivity index (χ2v) is 4.43. The fraction of sp³-hybridized carbons (Fsp3) is 0.556. The molecule has 0 bridgehead atoms. The van der Waals surface area contributed by atoms with Crippen LogP contribution >= 0.6 is 34.8 Å². The largest absolute Gasteiger partial charge is 0.477 e. The van der Waals surface area contributed by atoms with Gasteiger partial charge in [0.2, 0.25) is 0 Å². The van der Waals surface area contributed by atoms with Gasteiger partial charge in [0.25, 0.3) is 0 Å². The third kappa shape index (κ3) is 6.93. The fourth-order valence-corrected chi connectivity index (χ4v) is 1.30. The van der Waals surface area contributed by atoms with Crippen LogP contribution in [0.1, 0.15) is 32.1 Å². The van der Waals surface area contributed by atoms with Crippen molar-refractivity contribution in [2.24, 2.45) is 5.16 Å². The van der Waals surface area contributed by atoms with Crippen molar-refractivity contribution in [1.29, 1.82) is 0 Å². The van der Waals surface area contributed by atoms with E-state index in [1.165, 1.54) is 19.3 Å². The van der Waals surface area contributed by atoms with Gasteiger partial charge in [0.15, 0.2) is 5.03 Å². The number of halogens is 3. The Balaban J connectivity index is 0.000000281. The zero-order chi connectivity index (χ0) is 12.6. The molecule has 0 spiro atoms. The van der Waals surface area contributed by atoms with Gasteiger partial charge in [-0.15, -0.1) is 0 Å². The molecule has 0 radical (unpaired) electrons. The quantitative estimate of drug-likeness (QED) is 0.439. The molecule has 0 aromatic carbocycles. The van der Waals surface area contributed by atoms with Gasteiger partial charge in [0.05, 0.1) is 5.71 Å². The normalized spacial score (nSPS) is 14.6. The molecule has 92 valence electrons. The predicted molar refractivity (Wildman–Crippen MR) is 64.5 cm³/mol. The number of aliphatic carboxylic acids is 1. The Labute approximate surface area is 108 Å². The number of carboxylic acid groups (broad SMARTS) is 1. The summed E-state index contributed by atoms with van der Waals surface area (Å²) in [5.41, 5.74) is 0.983. The Bertz CT molecular complexity index is 290. The average Bonchev–Trinajstić information content (AvgIpc) is 2.29. The topological polar surface area (TPSA) is 69.9 Å². The van der Waals surface area contributed by atoms with Crippen molar-refractivity contribution in [3.63, 3.8) is 0 Å². The molecule has 0 atom stereocenters. The summed E-state index contributed by atoms with van der Waals surface area (Å²) in [6, 6.07) is 0. The lowest BCUT2D eigenvalue weighted by atomic mass is 9.99. The molecule has 0 aromatic heterocycles. The third-order valence-corrected chi connectivity index (χ3v) is 2.85. The molecule has 0 amide bonds. The van der Waals surface area contributed by atoms with Gasteiger partial charge in [0.1, 0.15) is 4.49 Å². The number of carboxylic acids is 1. The van der Waals surface area contributed by atoms with Crippen molar-refractivity contribution in [1.82, 2.24) is 0 Å². The molecule has 1 aliphatic carbocycles. The summed E-state index contributed by atoms with van der Waals surface area (Å²) in [6.07, 6.45) is 5.74. The molecule has 16 heavy (non-hydrogen) atoms. The van der Waals surface area contributed by atoms with Crippen LogP contribution in [0.4, 0.5) is 0 Å². The Hall–Kier alpha value is -0.450.